The Bertz CT molecular complexity index is 157. The molecule has 0 aromatic heterocycles. The second kappa shape index (κ2) is 15.1. The van der Waals surface area contributed by atoms with E-state index in [2.05, 4.69) is 36.2 Å². The Balaban J connectivity index is -0.000000182. The van der Waals surface area contributed by atoms with E-state index in [9.17, 15) is 0 Å². The number of aliphatic hydroxyl groups is 1. The van der Waals surface area contributed by atoms with Crippen molar-refractivity contribution in [1.29, 1.82) is 0 Å². The van der Waals surface area contributed by atoms with Crippen LogP contribution in [0.3, 0.4) is 0 Å². The molecule has 16 heavy (non-hydrogen) atoms. The van der Waals surface area contributed by atoms with Gasteiger partial charge in [0.15, 0.2) is 4.30 Å². The Morgan fingerprint density at radius 1 is 1.25 bits per heavy atom. The molecule has 0 radical (unpaired) electrons. The molecule has 0 spiro atoms. The van der Waals surface area contributed by atoms with E-state index in [-0.39, 0.29) is 12.1 Å². The van der Waals surface area contributed by atoms with Crippen LogP contribution in [0.15, 0.2) is 12.4 Å². The van der Waals surface area contributed by atoms with Crippen molar-refractivity contribution >= 4 is 34.8 Å². The molecule has 0 saturated carbocycles. The van der Waals surface area contributed by atoms with Crippen LogP contribution in [0.4, 0.5) is 0 Å². The van der Waals surface area contributed by atoms with Crippen molar-refractivity contribution in [3.8, 4) is 0 Å². The number of alkyl halides is 3. The zero-order valence-corrected chi connectivity index (χ0v) is 12.1. The molecule has 0 aliphatic carbocycles. The van der Waals surface area contributed by atoms with Crippen LogP contribution in [0.5, 0.6) is 0 Å². The molecule has 0 fully saturated rings. The molecule has 100 valence electrons. The number of aliphatic hydroxyl groups excluding tert-OH is 1. The predicted molar refractivity (Wildman–Crippen MR) is 71.9 cm³/mol. The maximum Gasteiger partial charge on any atom is 0.180 e. The first kappa shape index (κ1) is 21.4. The van der Waals surface area contributed by atoms with Crippen LogP contribution in [-0.4, -0.2) is 51.5 Å². The quantitative estimate of drug-likeness (QED) is 0.751. The van der Waals surface area contributed by atoms with Gasteiger partial charge in [0.1, 0.15) is 0 Å². The summed E-state index contributed by atoms with van der Waals surface area (Å²) < 4.78 is -0.750. The average molecular weight is 296 g/mol. The maximum absolute atomic E-state index is 7.57. The third-order valence-electron chi connectivity index (χ3n) is 1.34. The van der Waals surface area contributed by atoms with Crippen molar-refractivity contribution in [3.63, 3.8) is 0 Å². The van der Waals surface area contributed by atoms with Gasteiger partial charge in [0.05, 0.1) is 6.67 Å². The van der Waals surface area contributed by atoms with Gasteiger partial charge in [0, 0.05) is 32.6 Å². The molecular formula is C9H21Cl3N2O2. The maximum atomic E-state index is 7.57. The highest BCUT2D eigenvalue weighted by molar-refractivity contribution is 6.63. The number of nitrogens with zero attached hydrogens (tertiary/aromatic N) is 2. The van der Waals surface area contributed by atoms with Crippen molar-refractivity contribution in [2.24, 2.45) is 0 Å². The first-order valence-corrected chi connectivity index (χ1v) is 5.94. The lowest BCUT2D eigenvalue weighted by Gasteiger charge is -2.14. The summed E-state index contributed by atoms with van der Waals surface area (Å²) in [5, 5.41) is 7.57. The minimum atomic E-state index is -0.750. The molecule has 1 aliphatic rings. The minimum Gasteiger partial charge on any atom is -0.412 e. The lowest BCUT2D eigenvalue weighted by Crippen LogP contribution is -2.21. The van der Waals surface area contributed by atoms with E-state index >= 15 is 0 Å². The highest BCUT2D eigenvalue weighted by Crippen LogP contribution is 2.03. The second-order valence-electron chi connectivity index (χ2n) is 2.67. The van der Waals surface area contributed by atoms with E-state index in [1.165, 1.54) is 0 Å². The fourth-order valence-corrected chi connectivity index (χ4v) is 0.794. The number of hydrogen-bond donors (Lipinski definition) is 1. The number of hydrogen-bond acceptors (Lipinski definition) is 3. The molecule has 0 aromatic rings. The van der Waals surface area contributed by atoms with Gasteiger partial charge in [0.25, 0.3) is 0 Å². The number of rotatable bonds is 1. The first-order valence-electron chi connectivity index (χ1n) is 4.63. The molecule has 0 aromatic carbocycles. The van der Waals surface area contributed by atoms with Gasteiger partial charge in [-0.3, -0.25) is 0 Å². The first-order chi connectivity index (χ1) is 6.97. The predicted octanol–water partition coefficient (Wildman–Crippen LogP) is 1.84. The summed E-state index contributed by atoms with van der Waals surface area (Å²) in [6, 6.07) is 0. The summed E-state index contributed by atoms with van der Waals surface area (Å²) in [5.41, 5.74) is 0. The molecule has 0 atom stereocenters. The summed E-state index contributed by atoms with van der Waals surface area (Å²) in [5.74, 6) is 0. The molecule has 0 unspecified atom stereocenters. The normalized spacial score (nSPS) is 12.5. The highest BCUT2D eigenvalue weighted by atomic mass is 35.6. The fourth-order valence-electron chi connectivity index (χ4n) is 0.794. The van der Waals surface area contributed by atoms with Gasteiger partial charge >= 0.3 is 0 Å². The topological polar surface area (TPSA) is 58.2 Å². The van der Waals surface area contributed by atoms with E-state index in [1.807, 2.05) is 0 Å². The van der Waals surface area contributed by atoms with Crippen LogP contribution in [0.1, 0.15) is 13.8 Å². The lowest BCUT2D eigenvalue weighted by molar-refractivity contribution is 0.308. The largest absolute Gasteiger partial charge is 0.412 e. The summed E-state index contributed by atoms with van der Waals surface area (Å²) in [7, 11) is 2.08. The van der Waals surface area contributed by atoms with Gasteiger partial charge in [-0.15, -0.1) is 0 Å². The Labute approximate surface area is 113 Å². The van der Waals surface area contributed by atoms with Crippen LogP contribution >= 0.6 is 34.8 Å². The van der Waals surface area contributed by atoms with Crippen LogP contribution in [0.25, 0.3) is 0 Å². The van der Waals surface area contributed by atoms with Gasteiger partial charge in [0.2, 0.25) is 0 Å². The van der Waals surface area contributed by atoms with Crippen molar-refractivity contribution in [2.75, 3.05) is 26.9 Å². The van der Waals surface area contributed by atoms with E-state index < -0.39 is 4.30 Å². The lowest BCUT2D eigenvalue weighted by atomic mass is 10.6. The van der Waals surface area contributed by atoms with Crippen LogP contribution in [-0.2, 0) is 0 Å². The molecule has 4 nitrogen and oxygen atoms in total. The van der Waals surface area contributed by atoms with Gasteiger partial charge in [-0.05, 0) is 13.8 Å². The molecule has 1 heterocycles. The summed E-state index contributed by atoms with van der Waals surface area (Å²) in [4.78, 5) is 4.41. The van der Waals surface area contributed by atoms with Crippen molar-refractivity contribution in [2.45, 2.75) is 18.1 Å². The van der Waals surface area contributed by atoms with E-state index in [4.69, 9.17) is 39.9 Å². The summed E-state index contributed by atoms with van der Waals surface area (Å²) in [6.45, 7) is 6.25. The summed E-state index contributed by atoms with van der Waals surface area (Å²) >= 11 is 14.4. The summed E-state index contributed by atoms with van der Waals surface area (Å²) in [6.07, 6.45) is 4.20. The zero-order valence-electron chi connectivity index (χ0n) is 9.83. The fraction of sp³-hybridized carbons (Fsp3) is 0.778. The SMILES string of the molecule is CCN1C=CN(C)C1.CCO.ClC(Cl)Cl.O. The average Bonchev–Trinajstić information content (AvgIpc) is 2.51. The smallest absolute Gasteiger partial charge is 0.180 e. The van der Waals surface area contributed by atoms with Crippen LogP contribution in [0.2, 0.25) is 0 Å². The third-order valence-corrected chi connectivity index (χ3v) is 1.34. The third kappa shape index (κ3) is 19.7. The van der Waals surface area contributed by atoms with Gasteiger partial charge in [-0.25, -0.2) is 0 Å². The Morgan fingerprint density at radius 2 is 1.62 bits per heavy atom. The molecule has 0 saturated heterocycles. The second-order valence-corrected chi connectivity index (χ2v) is 4.64. The standard InChI is InChI=1S/C6H12N2.C2H6O.CHCl3.H2O/c1-3-8-5-4-7(2)6-8;1-2-3;2-1(3)4;/h4-5H,3,6H2,1-2H3;3H,2H2,1H3;1H;1H2. The highest BCUT2D eigenvalue weighted by Gasteiger charge is 2.03. The molecule has 0 bridgehead atoms. The number of halogens is 3. The molecule has 0 amide bonds. The molecule has 3 N–H and O–H groups in total. The molecular weight excluding hydrogens is 274 g/mol. The monoisotopic (exact) mass is 294 g/mol. The van der Waals surface area contributed by atoms with Crippen molar-refractivity contribution in [3.05, 3.63) is 12.4 Å². The molecule has 1 rings (SSSR count). The molecule has 1 aliphatic heterocycles. The Hall–Kier alpha value is 0.130. The zero-order chi connectivity index (χ0) is 12.3. The van der Waals surface area contributed by atoms with E-state index in [0.717, 1.165) is 13.2 Å². The van der Waals surface area contributed by atoms with Gasteiger partial charge in [-0.1, -0.05) is 34.8 Å². The Kier molecular flexibility index (Phi) is 20.3. The van der Waals surface area contributed by atoms with Crippen molar-refractivity contribution in [1.82, 2.24) is 9.80 Å². The van der Waals surface area contributed by atoms with Crippen LogP contribution in [0, 0.1) is 0 Å². The van der Waals surface area contributed by atoms with Gasteiger partial charge < -0.3 is 20.4 Å². The minimum absolute atomic E-state index is 0. The Morgan fingerprint density at radius 3 is 1.75 bits per heavy atom. The van der Waals surface area contributed by atoms with Gasteiger partial charge in [-0.2, -0.15) is 0 Å². The van der Waals surface area contributed by atoms with E-state index in [0.29, 0.717) is 0 Å². The van der Waals surface area contributed by atoms with Crippen LogP contribution < -0.4 is 0 Å². The van der Waals surface area contributed by atoms with E-state index in [1.54, 1.807) is 6.92 Å². The van der Waals surface area contributed by atoms with Crippen molar-refractivity contribution < 1.29 is 10.6 Å². The molecule has 7 heteroatoms.